The van der Waals surface area contributed by atoms with E-state index < -0.39 is 0 Å². The van der Waals surface area contributed by atoms with Crippen molar-refractivity contribution in [2.45, 2.75) is 25.3 Å². The Balaban J connectivity index is 1.66. The summed E-state index contributed by atoms with van der Waals surface area (Å²) < 4.78 is 5.58. The van der Waals surface area contributed by atoms with E-state index in [1.165, 1.54) is 12.8 Å². The van der Waals surface area contributed by atoms with Gasteiger partial charge in [0.2, 0.25) is 11.8 Å². The second-order valence-corrected chi connectivity index (χ2v) is 4.74. The Hall–Kier alpha value is -1.46. The molecule has 2 heterocycles. The third-order valence-electron chi connectivity index (χ3n) is 2.82. The number of pyridine rings is 1. The highest BCUT2D eigenvalue weighted by atomic mass is 35.5. The van der Waals surface area contributed by atoms with E-state index in [1.54, 1.807) is 18.5 Å². The van der Waals surface area contributed by atoms with Gasteiger partial charge in [-0.25, -0.2) is 0 Å². The molecule has 6 heteroatoms. The average molecular weight is 265 g/mol. The fourth-order valence-corrected chi connectivity index (χ4v) is 1.88. The van der Waals surface area contributed by atoms with Gasteiger partial charge in [-0.1, -0.05) is 11.6 Å². The number of halogens is 1. The van der Waals surface area contributed by atoms with Crippen molar-refractivity contribution in [3.8, 4) is 11.5 Å². The van der Waals surface area contributed by atoms with Crippen molar-refractivity contribution in [1.82, 2.24) is 20.5 Å². The second-order valence-electron chi connectivity index (χ2n) is 4.33. The van der Waals surface area contributed by atoms with Gasteiger partial charge in [0, 0.05) is 31.4 Å². The first kappa shape index (κ1) is 11.6. The van der Waals surface area contributed by atoms with Crippen LogP contribution < -0.4 is 5.32 Å². The molecular weight excluding hydrogens is 252 g/mol. The van der Waals surface area contributed by atoms with Crippen molar-refractivity contribution in [3.05, 3.63) is 29.4 Å². The number of hydrogen-bond acceptors (Lipinski definition) is 5. The smallest absolute Gasteiger partial charge is 0.249 e. The van der Waals surface area contributed by atoms with Crippen molar-refractivity contribution in [2.75, 3.05) is 6.54 Å². The van der Waals surface area contributed by atoms with E-state index in [0.29, 0.717) is 22.8 Å². The summed E-state index contributed by atoms with van der Waals surface area (Å²) in [5.74, 6) is 1.08. The van der Waals surface area contributed by atoms with Crippen molar-refractivity contribution in [3.63, 3.8) is 0 Å². The molecule has 18 heavy (non-hydrogen) atoms. The highest BCUT2D eigenvalue weighted by Crippen LogP contribution is 2.25. The molecular formula is C12H13ClN4O. The summed E-state index contributed by atoms with van der Waals surface area (Å²) in [6.07, 6.45) is 6.52. The SMILES string of the molecule is Clc1cnccc1-c1nnc(CCNC2CC2)o1. The molecule has 2 aromatic rings. The maximum atomic E-state index is 6.02. The molecule has 0 atom stereocenters. The van der Waals surface area contributed by atoms with E-state index >= 15 is 0 Å². The van der Waals surface area contributed by atoms with Gasteiger partial charge in [0.25, 0.3) is 0 Å². The molecule has 1 saturated carbocycles. The van der Waals surface area contributed by atoms with Gasteiger partial charge in [-0.2, -0.15) is 0 Å². The predicted molar refractivity (Wildman–Crippen MR) is 67.3 cm³/mol. The van der Waals surface area contributed by atoms with Crippen LogP contribution in [0, 0.1) is 0 Å². The zero-order chi connectivity index (χ0) is 12.4. The summed E-state index contributed by atoms with van der Waals surface area (Å²) in [5, 5.41) is 11.9. The van der Waals surface area contributed by atoms with Crippen LogP contribution in [-0.2, 0) is 6.42 Å². The quantitative estimate of drug-likeness (QED) is 0.896. The topological polar surface area (TPSA) is 63.8 Å². The Kier molecular flexibility index (Phi) is 3.25. The lowest BCUT2D eigenvalue weighted by atomic mass is 10.3. The maximum absolute atomic E-state index is 6.02. The zero-order valence-corrected chi connectivity index (χ0v) is 10.5. The number of nitrogens with one attached hydrogen (secondary N) is 1. The summed E-state index contributed by atoms with van der Waals surface area (Å²) in [4.78, 5) is 3.92. The van der Waals surface area contributed by atoms with Crippen LogP contribution in [0.2, 0.25) is 5.02 Å². The van der Waals surface area contributed by atoms with E-state index in [-0.39, 0.29) is 0 Å². The van der Waals surface area contributed by atoms with E-state index in [4.69, 9.17) is 16.0 Å². The summed E-state index contributed by atoms with van der Waals surface area (Å²) in [5.41, 5.74) is 0.723. The molecule has 1 aliphatic carbocycles. The maximum Gasteiger partial charge on any atom is 0.249 e. The molecule has 0 saturated heterocycles. The van der Waals surface area contributed by atoms with E-state index in [2.05, 4.69) is 20.5 Å². The van der Waals surface area contributed by atoms with Crippen LogP contribution in [0.1, 0.15) is 18.7 Å². The minimum atomic E-state index is 0.448. The number of aromatic nitrogens is 3. The van der Waals surface area contributed by atoms with Gasteiger partial charge in [0.1, 0.15) is 0 Å². The highest BCUT2D eigenvalue weighted by molar-refractivity contribution is 6.32. The third-order valence-corrected chi connectivity index (χ3v) is 3.12. The summed E-state index contributed by atoms with van der Waals surface area (Å²) in [6, 6.07) is 2.46. The molecule has 0 spiro atoms. The molecule has 94 valence electrons. The first-order valence-electron chi connectivity index (χ1n) is 5.98. The van der Waals surface area contributed by atoms with Crippen molar-refractivity contribution in [1.29, 1.82) is 0 Å². The molecule has 5 nitrogen and oxygen atoms in total. The Morgan fingerprint density at radius 3 is 3.06 bits per heavy atom. The van der Waals surface area contributed by atoms with Crippen molar-refractivity contribution in [2.24, 2.45) is 0 Å². The van der Waals surface area contributed by atoms with Gasteiger partial charge in [0.05, 0.1) is 10.6 Å². The van der Waals surface area contributed by atoms with Crippen LogP contribution in [0.4, 0.5) is 0 Å². The molecule has 2 aromatic heterocycles. The lowest BCUT2D eigenvalue weighted by molar-refractivity contribution is 0.494. The average Bonchev–Trinajstić information content (AvgIpc) is 3.08. The van der Waals surface area contributed by atoms with Crippen LogP contribution >= 0.6 is 11.6 Å². The molecule has 0 unspecified atom stereocenters. The van der Waals surface area contributed by atoms with Gasteiger partial charge in [-0.05, 0) is 18.9 Å². The van der Waals surface area contributed by atoms with Gasteiger partial charge in [0.15, 0.2) is 0 Å². The Morgan fingerprint density at radius 2 is 2.28 bits per heavy atom. The second kappa shape index (κ2) is 5.04. The van der Waals surface area contributed by atoms with Gasteiger partial charge >= 0.3 is 0 Å². The lowest BCUT2D eigenvalue weighted by Gasteiger charge is -1.98. The molecule has 0 radical (unpaired) electrons. The fraction of sp³-hybridized carbons (Fsp3) is 0.417. The first-order chi connectivity index (χ1) is 8.83. The largest absolute Gasteiger partial charge is 0.421 e. The van der Waals surface area contributed by atoms with Crippen molar-refractivity contribution < 1.29 is 4.42 Å². The Bertz CT molecular complexity index is 538. The summed E-state index contributed by atoms with van der Waals surface area (Å²) in [7, 11) is 0. The number of rotatable bonds is 5. The van der Waals surface area contributed by atoms with Gasteiger partial charge in [-0.3, -0.25) is 4.98 Å². The molecule has 0 amide bonds. The van der Waals surface area contributed by atoms with E-state index in [0.717, 1.165) is 18.5 Å². The normalized spacial score (nSPS) is 14.9. The minimum absolute atomic E-state index is 0.448. The molecule has 0 aromatic carbocycles. The Labute approximate surface area is 110 Å². The summed E-state index contributed by atoms with van der Waals surface area (Å²) >= 11 is 6.02. The monoisotopic (exact) mass is 264 g/mol. The first-order valence-corrected chi connectivity index (χ1v) is 6.36. The summed E-state index contributed by atoms with van der Waals surface area (Å²) in [6.45, 7) is 0.871. The number of hydrogen-bond donors (Lipinski definition) is 1. The van der Waals surface area contributed by atoms with Crippen LogP contribution in [0.5, 0.6) is 0 Å². The van der Waals surface area contributed by atoms with Crippen LogP contribution in [0.25, 0.3) is 11.5 Å². The van der Waals surface area contributed by atoms with Crippen LogP contribution in [0.3, 0.4) is 0 Å². The van der Waals surface area contributed by atoms with Crippen LogP contribution in [0.15, 0.2) is 22.9 Å². The minimum Gasteiger partial charge on any atom is -0.421 e. The highest BCUT2D eigenvalue weighted by Gasteiger charge is 2.20. The fourth-order valence-electron chi connectivity index (χ4n) is 1.68. The molecule has 0 bridgehead atoms. The molecule has 3 rings (SSSR count). The van der Waals surface area contributed by atoms with Gasteiger partial charge < -0.3 is 9.73 Å². The van der Waals surface area contributed by atoms with Gasteiger partial charge in [-0.15, -0.1) is 10.2 Å². The molecule has 1 N–H and O–H groups in total. The zero-order valence-electron chi connectivity index (χ0n) is 9.77. The third kappa shape index (κ3) is 2.68. The van der Waals surface area contributed by atoms with Crippen molar-refractivity contribution >= 4 is 11.6 Å². The van der Waals surface area contributed by atoms with Crippen LogP contribution in [-0.4, -0.2) is 27.8 Å². The Morgan fingerprint density at radius 1 is 1.39 bits per heavy atom. The molecule has 1 fully saturated rings. The van der Waals surface area contributed by atoms with E-state index in [9.17, 15) is 0 Å². The molecule has 0 aliphatic heterocycles. The standard InChI is InChI=1S/C12H13ClN4O/c13-10-7-14-5-3-9(10)12-17-16-11(18-12)4-6-15-8-1-2-8/h3,5,7-8,15H,1-2,4,6H2. The predicted octanol–water partition coefficient (Wildman–Crippen LogP) is 2.08. The number of nitrogens with zero attached hydrogens (tertiary/aromatic N) is 3. The van der Waals surface area contributed by atoms with E-state index in [1.807, 2.05) is 0 Å². The molecule has 1 aliphatic rings. The lowest BCUT2D eigenvalue weighted by Crippen LogP contribution is -2.19.